The van der Waals surface area contributed by atoms with Gasteiger partial charge in [-0.2, -0.15) is 12.6 Å². The summed E-state index contributed by atoms with van der Waals surface area (Å²) in [5, 5.41) is 5.58. The zero-order chi connectivity index (χ0) is 23.3. The number of rotatable bonds is 8. The minimum Gasteiger partial charge on any atom is -0.444 e. The molecule has 0 aliphatic heterocycles. The number of carbonyl (C=O) groups is 3. The first-order valence-electron chi connectivity index (χ1n) is 10.7. The van der Waals surface area contributed by atoms with Crippen LogP contribution in [0.4, 0.5) is 4.79 Å². The van der Waals surface area contributed by atoms with Gasteiger partial charge in [-0.3, -0.25) is 9.59 Å². The molecular weight excluding hydrogens is 414 g/mol. The maximum atomic E-state index is 13.6. The summed E-state index contributed by atoms with van der Waals surface area (Å²) in [6, 6.07) is 5.75. The summed E-state index contributed by atoms with van der Waals surface area (Å²) in [6.07, 6.45) is 0.943. The van der Waals surface area contributed by atoms with Crippen molar-refractivity contribution in [3.05, 3.63) is 35.4 Å². The van der Waals surface area contributed by atoms with Gasteiger partial charge in [0.25, 0.3) is 0 Å². The Morgan fingerprint density at radius 3 is 2.26 bits per heavy atom. The van der Waals surface area contributed by atoms with Gasteiger partial charge in [-0.1, -0.05) is 24.3 Å². The van der Waals surface area contributed by atoms with Crippen molar-refractivity contribution in [2.75, 3.05) is 5.75 Å². The van der Waals surface area contributed by atoms with Crippen molar-refractivity contribution in [1.82, 2.24) is 15.5 Å². The lowest BCUT2D eigenvalue weighted by Crippen LogP contribution is -2.55. The molecule has 0 saturated heterocycles. The van der Waals surface area contributed by atoms with Gasteiger partial charge in [-0.25, -0.2) is 4.79 Å². The third kappa shape index (κ3) is 7.16. The Kier molecular flexibility index (Phi) is 8.40. The standard InChI is InChI=1S/C23H35N3O4S/c1-14(2)24-20(27)19(17-10-8-7-9-15(17)3)26(16-11-12-16)21(28)18(13-31)25-22(29)30-23(4,5)6/h7-10,14,16,18-19,31H,11-13H2,1-6H3,(H,24,27)(H,25,29). The fourth-order valence-electron chi connectivity index (χ4n) is 3.36. The number of hydrogen-bond acceptors (Lipinski definition) is 5. The van der Waals surface area contributed by atoms with Crippen molar-refractivity contribution in [3.63, 3.8) is 0 Å². The minimum atomic E-state index is -0.905. The first-order chi connectivity index (χ1) is 14.4. The van der Waals surface area contributed by atoms with E-state index in [1.54, 1.807) is 25.7 Å². The molecule has 172 valence electrons. The number of thiol groups is 1. The quantitative estimate of drug-likeness (QED) is 0.531. The summed E-state index contributed by atoms with van der Waals surface area (Å²) in [4.78, 5) is 40.8. The van der Waals surface area contributed by atoms with Gasteiger partial charge in [-0.15, -0.1) is 0 Å². The Morgan fingerprint density at radius 2 is 1.77 bits per heavy atom. The molecule has 2 unspecified atom stereocenters. The predicted octanol–water partition coefficient (Wildman–Crippen LogP) is 3.37. The molecular formula is C23H35N3O4S. The molecule has 0 spiro atoms. The first-order valence-corrected chi connectivity index (χ1v) is 11.4. The fourth-order valence-corrected chi connectivity index (χ4v) is 3.61. The zero-order valence-corrected chi connectivity index (χ0v) is 20.2. The van der Waals surface area contributed by atoms with Gasteiger partial charge in [-0.05, 0) is 65.5 Å². The van der Waals surface area contributed by atoms with Gasteiger partial charge in [0.15, 0.2) is 0 Å². The SMILES string of the molecule is Cc1ccccc1C(C(=O)NC(C)C)N(C(=O)C(CS)NC(=O)OC(C)(C)C)C1CC1. The average Bonchev–Trinajstić information content (AvgIpc) is 3.47. The summed E-state index contributed by atoms with van der Waals surface area (Å²) in [5.74, 6) is -0.483. The van der Waals surface area contributed by atoms with E-state index in [9.17, 15) is 14.4 Å². The van der Waals surface area contributed by atoms with E-state index in [0.717, 1.165) is 24.0 Å². The van der Waals surface area contributed by atoms with Crippen LogP contribution < -0.4 is 10.6 Å². The summed E-state index contributed by atoms with van der Waals surface area (Å²) < 4.78 is 5.31. The highest BCUT2D eigenvalue weighted by Crippen LogP contribution is 2.36. The lowest BCUT2D eigenvalue weighted by Gasteiger charge is -2.35. The van der Waals surface area contributed by atoms with Crippen LogP contribution in [0.5, 0.6) is 0 Å². The van der Waals surface area contributed by atoms with Crippen LogP contribution >= 0.6 is 12.6 Å². The van der Waals surface area contributed by atoms with E-state index in [1.165, 1.54) is 0 Å². The Balaban J connectivity index is 2.38. The van der Waals surface area contributed by atoms with Crippen molar-refractivity contribution < 1.29 is 19.1 Å². The second-order valence-electron chi connectivity index (χ2n) is 9.28. The van der Waals surface area contributed by atoms with Crippen molar-refractivity contribution in [2.24, 2.45) is 0 Å². The number of aryl methyl sites for hydroxylation is 1. The molecule has 8 heteroatoms. The molecule has 1 aliphatic carbocycles. The van der Waals surface area contributed by atoms with Crippen molar-refractivity contribution in [3.8, 4) is 0 Å². The van der Waals surface area contributed by atoms with Crippen LogP contribution in [-0.2, 0) is 14.3 Å². The number of hydrogen-bond donors (Lipinski definition) is 3. The van der Waals surface area contributed by atoms with Gasteiger partial charge < -0.3 is 20.3 Å². The molecule has 1 aliphatic rings. The molecule has 0 aromatic heterocycles. The number of ether oxygens (including phenoxy) is 1. The summed E-state index contributed by atoms with van der Waals surface area (Å²) in [6.45, 7) is 11.0. The summed E-state index contributed by atoms with van der Waals surface area (Å²) in [7, 11) is 0. The molecule has 2 N–H and O–H groups in total. The Bertz CT molecular complexity index is 802. The molecule has 1 aromatic carbocycles. The second-order valence-corrected chi connectivity index (χ2v) is 9.65. The summed E-state index contributed by atoms with van der Waals surface area (Å²) >= 11 is 4.29. The van der Waals surface area contributed by atoms with Gasteiger partial charge in [0.05, 0.1) is 0 Å². The number of amides is 3. The van der Waals surface area contributed by atoms with E-state index < -0.39 is 23.8 Å². The molecule has 1 aromatic rings. The van der Waals surface area contributed by atoms with E-state index in [0.29, 0.717) is 0 Å². The molecule has 2 atom stereocenters. The summed E-state index contributed by atoms with van der Waals surface area (Å²) in [5.41, 5.74) is 1.01. The molecule has 1 fully saturated rings. The van der Waals surface area contributed by atoms with Gasteiger partial charge >= 0.3 is 6.09 Å². The number of alkyl carbamates (subject to hydrolysis) is 1. The van der Waals surface area contributed by atoms with E-state index in [4.69, 9.17) is 4.74 Å². The fraction of sp³-hybridized carbons (Fsp3) is 0.609. The first kappa shape index (κ1) is 25.0. The van der Waals surface area contributed by atoms with E-state index in [1.807, 2.05) is 45.0 Å². The third-order valence-corrected chi connectivity index (χ3v) is 5.17. The largest absolute Gasteiger partial charge is 0.444 e. The van der Waals surface area contributed by atoms with Crippen LogP contribution in [0.1, 0.15) is 64.6 Å². The maximum Gasteiger partial charge on any atom is 0.408 e. The molecule has 31 heavy (non-hydrogen) atoms. The molecule has 0 heterocycles. The second kappa shape index (κ2) is 10.4. The number of nitrogens with zero attached hydrogens (tertiary/aromatic N) is 1. The smallest absolute Gasteiger partial charge is 0.408 e. The van der Waals surface area contributed by atoms with E-state index >= 15 is 0 Å². The highest BCUT2D eigenvalue weighted by molar-refractivity contribution is 7.80. The lowest BCUT2D eigenvalue weighted by molar-refractivity contribution is -0.143. The normalized spacial score (nSPS) is 15.7. The van der Waals surface area contributed by atoms with Crippen LogP contribution in [-0.4, -0.2) is 52.3 Å². The molecule has 7 nitrogen and oxygen atoms in total. The van der Waals surface area contributed by atoms with Crippen LogP contribution in [0.3, 0.4) is 0 Å². The topological polar surface area (TPSA) is 87.7 Å². The molecule has 0 bridgehead atoms. The number of carbonyl (C=O) groups excluding carboxylic acids is 3. The van der Waals surface area contributed by atoms with Crippen molar-refractivity contribution in [2.45, 2.75) is 84.2 Å². The van der Waals surface area contributed by atoms with Crippen LogP contribution in [0.25, 0.3) is 0 Å². The van der Waals surface area contributed by atoms with Gasteiger partial charge in [0.2, 0.25) is 11.8 Å². The zero-order valence-electron chi connectivity index (χ0n) is 19.3. The van der Waals surface area contributed by atoms with Crippen LogP contribution in [0.2, 0.25) is 0 Å². The molecule has 1 saturated carbocycles. The molecule has 2 rings (SSSR count). The predicted molar refractivity (Wildman–Crippen MR) is 124 cm³/mol. The van der Waals surface area contributed by atoms with E-state index in [2.05, 4.69) is 23.3 Å². The van der Waals surface area contributed by atoms with Gasteiger partial charge in [0.1, 0.15) is 17.7 Å². The molecule has 0 radical (unpaired) electrons. The average molecular weight is 450 g/mol. The Hall–Kier alpha value is -2.22. The van der Waals surface area contributed by atoms with Crippen LogP contribution in [0.15, 0.2) is 24.3 Å². The Labute approximate surface area is 190 Å². The van der Waals surface area contributed by atoms with Crippen LogP contribution in [0, 0.1) is 6.92 Å². The van der Waals surface area contributed by atoms with Gasteiger partial charge in [0, 0.05) is 17.8 Å². The van der Waals surface area contributed by atoms with Crippen molar-refractivity contribution in [1.29, 1.82) is 0 Å². The molecule has 3 amide bonds. The highest BCUT2D eigenvalue weighted by Gasteiger charge is 2.44. The minimum absolute atomic E-state index is 0.0576. The monoisotopic (exact) mass is 449 g/mol. The highest BCUT2D eigenvalue weighted by atomic mass is 32.1. The Morgan fingerprint density at radius 1 is 1.16 bits per heavy atom. The maximum absolute atomic E-state index is 13.6. The number of nitrogens with one attached hydrogen (secondary N) is 2. The lowest BCUT2D eigenvalue weighted by atomic mass is 9.98. The van der Waals surface area contributed by atoms with Crippen molar-refractivity contribution >= 4 is 30.5 Å². The van der Waals surface area contributed by atoms with E-state index in [-0.39, 0.29) is 29.7 Å². The number of benzene rings is 1. The third-order valence-electron chi connectivity index (χ3n) is 4.81.